The predicted molar refractivity (Wildman–Crippen MR) is 114 cm³/mol. The lowest BCUT2D eigenvalue weighted by Gasteiger charge is -2.07. The molecule has 5 rings (SSSR count). The number of fused-ring (bicyclic) bond motifs is 6. The van der Waals surface area contributed by atoms with Gasteiger partial charge in [-0.15, -0.1) is 0 Å². The number of para-hydroxylation sites is 1. The Hall–Kier alpha value is -3.67. The molecule has 29 heavy (non-hydrogen) atoms. The van der Waals surface area contributed by atoms with Crippen molar-refractivity contribution in [3.8, 4) is 11.5 Å². The standard InChI is InChI=1S/C23H20N2O4/c1-4-29-23(26)20-19-15-10-12(27-2)8-9-16(15)24-17(19)11-14-13-6-5-7-18(28-3)21(13)25-22(14)20/h5-11,24-25H,4H2,1-3H3. The Bertz CT molecular complexity index is 1410. The molecular formula is C23H20N2O4. The lowest BCUT2D eigenvalue weighted by atomic mass is 10.0. The summed E-state index contributed by atoms with van der Waals surface area (Å²) in [4.78, 5) is 19.9. The number of ether oxygens (including phenoxy) is 3. The molecule has 0 aliphatic carbocycles. The molecule has 5 aromatic rings. The molecule has 0 radical (unpaired) electrons. The molecule has 0 saturated heterocycles. The average Bonchev–Trinajstić information content (AvgIpc) is 3.29. The van der Waals surface area contributed by atoms with Gasteiger partial charge in [0.2, 0.25) is 0 Å². The third-order valence-electron chi connectivity index (χ3n) is 5.36. The maximum atomic E-state index is 13.1. The molecule has 0 amide bonds. The predicted octanol–water partition coefficient (Wildman–Crippen LogP) is 5.15. The Labute approximate surface area is 166 Å². The number of hydrogen-bond donors (Lipinski definition) is 2. The van der Waals surface area contributed by atoms with Crippen LogP contribution < -0.4 is 9.47 Å². The zero-order valence-corrected chi connectivity index (χ0v) is 16.4. The number of carbonyl (C=O) groups is 1. The van der Waals surface area contributed by atoms with Crippen LogP contribution >= 0.6 is 0 Å². The van der Waals surface area contributed by atoms with Crippen LogP contribution in [0.4, 0.5) is 0 Å². The van der Waals surface area contributed by atoms with E-state index in [1.807, 2.05) is 43.3 Å². The number of benzene rings is 3. The number of rotatable bonds is 4. The fraction of sp³-hybridized carbons (Fsp3) is 0.174. The van der Waals surface area contributed by atoms with Crippen LogP contribution in [0.1, 0.15) is 17.3 Å². The Kier molecular flexibility index (Phi) is 3.87. The lowest BCUT2D eigenvalue weighted by Crippen LogP contribution is -2.06. The van der Waals surface area contributed by atoms with Gasteiger partial charge >= 0.3 is 5.97 Å². The minimum absolute atomic E-state index is 0.298. The molecule has 0 aliphatic rings. The van der Waals surface area contributed by atoms with Gasteiger partial charge in [-0.2, -0.15) is 0 Å². The molecule has 0 bridgehead atoms. The Morgan fingerprint density at radius 2 is 1.76 bits per heavy atom. The molecule has 3 aromatic carbocycles. The van der Waals surface area contributed by atoms with Crippen LogP contribution in [0.25, 0.3) is 43.6 Å². The molecule has 2 N–H and O–H groups in total. The van der Waals surface area contributed by atoms with Crippen molar-refractivity contribution in [3.63, 3.8) is 0 Å². The van der Waals surface area contributed by atoms with Crippen LogP contribution in [0.5, 0.6) is 11.5 Å². The number of aromatic nitrogens is 2. The van der Waals surface area contributed by atoms with Gasteiger partial charge in [0.05, 0.1) is 37.4 Å². The summed E-state index contributed by atoms with van der Waals surface area (Å²) in [5, 5.41) is 3.65. The number of carbonyl (C=O) groups excluding carboxylic acids is 1. The molecule has 0 atom stereocenters. The van der Waals surface area contributed by atoms with E-state index in [1.54, 1.807) is 14.2 Å². The number of hydrogen-bond acceptors (Lipinski definition) is 4. The second kappa shape index (κ2) is 6.44. The van der Waals surface area contributed by atoms with Crippen molar-refractivity contribution in [1.29, 1.82) is 0 Å². The smallest absolute Gasteiger partial charge is 0.340 e. The molecule has 2 aromatic heterocycles. The summed E-state index contributed by atoms with van der Waals surface area (Å²) in [7, 11) is 3.26. The topological polar surface area (TPSA) is 76.3 Å². The van der Waals surface area contributed by atoms with Crippen molar-refractivity contribution in [1.82, 2.24) is 9.97 Å². The first-order valence-electron chi connectivity index (χ1n) is 9.44. The summed E-state index contributed by atoms with van der Waals surface area (Å²) in [6.07, 6.45) is 0. The Morgan fingerprint density at radius 3 is 2.52 bits per heavy atom. The summed E-state index contributed by atoms with van der Waals surface area (Å²) < 4.78 is 16.3. The second-order valence-corrected chi connectivity index (χ2v) is 6.86. The summed E-state index contributed by atoms with van der Waals surface area (Å²) >= 11 is 0. The largest absolute Gasteiger partial charge is 0.497 e. The molecule has 6 heteroatoms. The normalized spacial score (nSPS) is 11.6. The van der Waals surface area contributed by atoms with E-state index < -0.39 is 0 Å². The molecule has 146 valence electrons. The monoisotopic (exact) mass is 388 g/mol. The SMILES string of the molecule is CCOC(=O)c1c2[nH]c3c(OC)cccc3c2cc2[nH]c3ccc(OC)cc3c12. The van der Waals surface area contributed by atoms with Gasteiger partial charge in [0.25, 0.3) is 0 Å². The Balaban J connectivity index is 2.00. The van der Waals surface area contributed by atoms with E-state index in [2.05, 4.69) is 16.0 Å². The highest BCUT2D eigenvalue weighted by atomic mass is 16.5. The molecule has 0 fully saturated rings. The van der Waals surface area contributed by atoms with E-state index in [-0.39, 0.29) is 5.97 Å². The molecule has 2 heterocycles. The van der Waals surface area contributed by atoms with E-state index in [0.29, 0.717) is 12.2 Å². The fourth-order valence-electron chi connectivity index (χ4n) is 4.10. The highest BCUT2D eigenvalue weighted by Crippen LogP contribution is 2.40. The van der Waals surface area contributed by atoms with Crippen molar-refractivity contribution in [2.24, 2.45) is 0 Å². The molecule has 0 aliphatic heterocycles. The second-order valence-electron chi connectivity index (χ2n) is 6.86. The summed E-state index contributed by atoms with van der Waals surface area (Å²) in [5.41, 5.74) is 3.90. The number of methoxy groups -OCH3 is 2. The zero-order valence-electron chi connectivity index (χ0n) is 16.4. The van der Waals surface area contributed by atoms with Gasteiger partial charge < -0.3 is 24.2 Å². The molecule has 6 nitrogen and oxygen atoms in total. The van der Waals surface area contributed by atoms with Crippen LogP contribution in [-0.4, -0.2) is 36.8 Å². The molecule has 0 saturated carbocycles. The quantitative estimate of drug-likeness (QED) is 0.418. The number of aromatic amines is 2. The summed E-state index contributed by atoms with van der Waals surface area (Å²) in [6, 6.07) is 13.7. The van der Waals surface area contributed by atoms with E-state index >= 15 is 0 Å². The highest BCUT2D eigenvalue weighted by Gasteiger charge is 2.23. The van der Waals surface area contributed by atoms with Gasteiger partial charge in [0.15, 0.2) is 0 Å². The van der Waals surface area contributed by atoms with E-state index in [0.717, 1.165) is 55.1 Å². The van der Waals surface area contributed by atoms with Crippen molar-refractivity contribution in [2.45, 2.75) is 6.92 Å². The van der Waals surface area contributed by atoms with Gasteiger partial charge in [-0.3, -0.25) is 0 Å². The zero-order chi connectivity index (χ0) is 20.1. The van der Waals surface area contributed by atoms with Crippen LogP contribution in [0.3, 0.4) is 0 Å². The maximum Gasteiger partial charge on any atom is 0.340 e. The Morgan fingerprint density at radius 1 is 0.897 bits per heavy atom. The van der Waals surface area contributed by atoms with Crippen LogP contribution in [-0.2, 0) is 4.74 Å². The number of H-pyrrole nitrogens is 2. The van der Waals surface area contributed by atoms with Gasteiger partial charge in [-0.1, -0.05) is 12.1 Å². The summed E-state index contributed by atoms with van der Waals surface area (Å²) in [5.74, 6) is 1.09. The summed E-state index contributed by atoms with van der Waals surface area (Å²) in [6.45, 7) is 2.10. The van der Waals surface area contributed by atoms with Crippen molar-refractivity contribution in [3.05, 3.63) is 48.0 Å². The first-order valence-corrected chi connectivity index (χ1v) is 9.44. The first-order chi connectivity index (χ1) is 14.2. The number of nitrogens with one attached hydrogen (secondary N) is 2. The third kappa shape index (κ3) is 2.45. The molecular weight excluding hydrogens is 368 g/mol. The minimum Gasteiger partial charge on any atom is -0.497 e. The fourth-order valence-corrected chi connectivity index (χ4v) is 4.10. The lowest BCUT2D eigenvalue weighted by molar-refractivity contribution is 0.0531. The first kappa shape index (κ1) is 17.4. The average molecular weight is 388 g/mol. The maximum absolute atomic E-state index is 13.1. The van der Waals surface area contributed by atoms with E-state index in [9.17, 15) is 4.79 Å². The minimum atomic E-state index is -0.364. The van der Waals surface area contributed by atoms with Crippen molar-refractivity contribution in [2.75, 3.05) is 20.8 Å². The highest BCUT2D eigenvalue weighted by molar-refractivity contribution is 6.27. The number of esters is 1. The molecule has 0 spiro atoms. The van der Waals surface area contributed by atoms with E-state index in [4.69, 9.17) is 14.2 Å². The van der Waals surface area contributed by atoms with Gasteiger partial charge in [-0.25, -0.2) is 4.79 Å². The van der Waals surface area contributed by atoms with Gasteiger partial charge in [-0.05, 0) is 37.3 Å². The van der Waals surface area contributed by atoms with Crippen LogP contribution in [0, 0.1) is 0 Å². The van der Waals surface area contributed by atoms with Gasteiger partial charge in [0, 0.05) is 32.6 Å². The van der Waals surface area contributed by atoms with Gasteiger partial charge in [0.1, 0.15) is 11.5 Å². The van der Waals surface area contributed by atoms with Crippen molar-refractivity contribution >= 4 is 49.6 Å². The van der Waals surface area contributed by atoms with Crippen LogP contribution in [0.2, 0.25) is 0 Å². The molecule has 0 unspecified atom stereocenters. The van der Waals surface area contributed by atoms with Crippen LogP contribution in [0.15, 0.2) is 42.5 Å². The van der Waals surface area contributed by atoms with Crippen molar-refractivity contribution < 1.29 is 19.0 Å². The third-order valence-corrected chi connectivity index (χ3v) is 5.36. The van der Waals surface area contributed by atoms with E-state index in [1.165, 1.54) is 0 Å².